The SMILES string of the molecule is O=C(NCCCN1C(=O)c2ccc([N+](=O)[O-])cc2C1=O)N(Cc1ccccc1)Cc1ccccc1. The van der Waals surface area contributed by atoms with Gasteiger partial charge < -0.3 is 10.2 Å². The number of fused-ring (bicyclic) bond motifs is 1. The van der Waals surface area contributed by atoms with Crippen molar-refractivity contribution in [1.82, 2.24) is 15.1 Å². The number of hydrogen-bond donors (Lipinski definition) is 1. The van der Waals surface area contributed by atoms with Gasteiger partial charge in [-0.15, -0.1) is 0 Å². The van der Waals surface area contributed by atoms with Crippen molar-refractivity contribution in [2.45, 2.75) is 19.5 Å². The van der Waals surface area contributed by atoms with Crippen LogP contribution in [0.3, 0.4) is 0 Å². The lowest BCUT2D eigenvalue weighted by Crippen LogP contribution is -2.40. The van der Waals surface area contributed by atoms with Crippen LogP contribution in [0.1, 0.15) is 38.3 Å². The van der Waals surface area contributed by atoms with Gasteiger partial charge in [-0.05, 0) is 23.6 Å². The molecule has 0 unspecified atom stereocenters. The fraction of sp³-hybridized carbons (Fsp3) is 0.192. The van der Waals surface area contributed by atoms with Gasteiger partial charge in [0.25, 0.3) is 17.5 Å². The van der Waals surface area contributed by atoms with E-state index in [4.69, 9.17) is 0 Å². The van der Waals surface area contributed by atoms with Gasteiger partial charge in [-0.2, -0.15) is 0 Å². The van der Waals surface area contributed by atoms with Crippen LogP contribution in [-0.4, -0.2) is 45.7 Å². The second-order valence-corrected chi connectivity index (χ2v) is 8.16. The minimum absolute atomic E-state index is 0.0325. The second-order valence-electron chi connectivity index (χ2n) is 8.16. The Morgan fingerprint density at radius 1 is 0.857 bits per heavy atom. The molecular weight excluding hydrogens is 448 g/mol. The average Bonchev–Trinajstić information content (AvgIpc) is 3.11. The van der Waals surface area contributed by atoms with Crippen LogP contribution in [0.15, 0.2) is 78.9 Å². The Balaban J connectivity index is 1.34. The lowest BCUT2D eigenvalue weighted by atomic mass is 10.1. The summed E-state index contributed by atoms with van der Waals surface area (Å²) >= 11 is 0. The molecule has 0 fully saturated rings. The van der Waals surface area contributed by atoms with Crippen molar-refractivity contribution in [3.63, 3.8) is 0 Å². The normalized spacial score (nSPS) is 12.4. The number of imide groups is 1. The Morgan fingerprint density at radius 3 is 2.00 bits per heavy atom. The molecule has 3 aromatic rings. The summed E-state index contributed by atoms with van der Waals surface area (Å²) in [6.45, 7) is 1.21. The first kappa shape index (κ1) is 23.6. The van der Waals surface area contributed by atoms with Crippen molar-refractivity contribution >= 4 is 23.5 Å². The molecule has 4 rings (SSSR count). The quantitative estimate of drug-likeness (QED) is 0.219. The van der Waals surface area contributed by atoms with E-state index in [2.05, 4.69) is 5.32 Å². The summed E-state index contributed by atoms with van der Waals surface area (Å²) in [6.07, 6.45) is 0.351. The average molecular weight is 473 g/mol. The van der Waals surface area contributed by atoms with E-state index < -0.39 is 16.7 Å². The number of nitro benzene ring substituents is 1. The smallest absolute Gasteiger partial charge is 0.318 e. The molecule has 1 aliphatic heterocycles. The number of hydrogen-bond acceptors (Lipinski definition) is 5. The molecular formula is C26H24N4O5. The monoisotopic (exact) mass is 472 g/mol. The molecule has 0 spiro atoms. The predicted octanol–water partition coefficient (Wildman–Crippen LogP) is 3.99. The zero-order chi connectivity index (χ0) is 24.8. The fourth-order valence-electron chi connectivity index (χ4n) is 3.95. The lowest BCUT2D eigenvalue weighted by Gasteiger charge is -2.24. The van der Waals surface area contributed by atoms with Gasteiger partial charge in [0.2, 0.25) is 0 Å². The van der Waals surface area contributed by atoms with Gasteiger partial charge in [-0.1, -0.05) is 60.7 Å². The highest BCUT2D eigenvalue weighted by Crippen LogP contribution is 2.26. The molecule has 1 N–H and O–H groups in total. The van der Waals surface area contributed by atoms with Crippen LogP contribution in [0.5, 0.6) is 0 Å². The second kappa shape index (κ2) is 10.6. The first-order chi connectivity index (χ1) is 16.9. The predicted molar refractivity (Wildman–Crippen MR) is 129 cm³/mol. The molecule has 4 amide bonds. The van der Waals surface area contributed by atoms with Gasteiger partial charge in [0.05, 0.1) is 16.1 Å². The number of non-ortho nitro benzene ring substituents is 1. The molecule has 0 aromatic heterocycles. The van der Waals surface area contributed by atoms with Crippen molar-refractivity contribution in [3.05, 3.63) is 111 Å². The third-order valence-corrected chi connectivity index (χ3v) is 5.72. The molecule has 9 heteroatoms. The van der Waals surface area contributed by atoms with Gasteiger partial charge in [0.15, 0.2) is 0 Å². The molecule has 0 saturated heterocycles. The number of carbonyl (C=O) groups is 3. The highest BCUT2D eigenvalue weighted by atomic mass is 16.6. The lowest BCUT2D eigenvalue weighted by molar-refractivity contribution is -0.384. The van der Waals surface area contributed by atoms with Crippen LogP contribution in [0.25, 0.3) is 0 Å². The number of nitrogens with zero attached hydrogens (tertiary/aromatic N) is 3. The van der Waals surface area contributed by atoms with Crippen molar-refractivity contribution in [1.29, 1.82) is 0 Å². The fourth-order valence-corrected chi connectivity index (χ4v) is 3.95. The molecule has 35 heavy (non-hydrogen) atoms. The summed E-state index contributed by atoms with van der Waals surface area (Å²) in [6, 6.07) is 22.7. The van der Waals surface area contributed by atoms with Crippen LogP contribution in [-0.2, 0) is 13.1 Å². The summed E-state index contributed by atoms with van der Waals surface area (Å²) in [5.41, 5.74) is 1.94. The van der Waals surface area contributed by atoms with Crippen LogP contribution < -0.4 is 5.32 Å². The van der Waals surface area contributed by atoms with E-state index in [9.17, 15) is 24.5 Å². The molecule has 1 aliphatic rings. The molecule has 0 bridgehead atoms. The van der Waals surface area contributed by atoms with Crippen LogP contribution >= 0.6 is 0 Å². The largest absolute Gasteiger partial charge is 0.338 e. The summed E-state index contributed by atoms with van der Waals surface area (Å²) in [5, 5.41) is 13.9. The minimum atomic E-state index is -0.604. The topological polar surface area (TPSA) is 113 Å². The number of nitrogens with one attached hydrogen (secondary N) is 1. The molecule has 178 valence electrons. The van der Waals surface area contributed by atoms with E-state index in [1.54, 1.807) is 4.90 Å². The van der Waals surface area contributed by atoms with Crippen LogP contribution in [0.4, 0.5) is 10.5 Å². The van der Waals surface area contributed by atoms with Gasteiger partial charge in [0, 0.05) is 38.3 Å². The first-order valence-corrected chi connectivity index (χ1v) is 11.2. The molecule has 0 atom stereocenters. The summed E-state index contributed by atoms with van der Waals surface area (Å²) < 4.78 is 0. The van der Waals surface area contributed by atoms with E-state index in [0.29, 0.717) is 19.5 Å². The third kappa shape index (κ3) is 5.52. The maximum atomic E-state index is 13.0. The standard InChI is InChI=1S/C26H24N4O5/c31-24-22-13-12-21(30(34)35)16-23(22)25(32)29(24)15-7-14-27-26(33)28(17-19-8-3-1-4-9-19)18-20-10-5-2-6-11-20/h1-6,8-13,16H,7,14-15,17-18H2,(H,27,33). The minimum Gasteiger partial charge on any atom is -0.338 e. The number of amides is 4. The summed E-state index contributed by atoms with van der Waals surface area (Å²) in [7, 11) is 0. The van der Waals surface area contributed by atoms with E-state index in [-0.39, 0.29) is 35.9 Å². The van der Waals surface area contributed by atoms with Gasteiger partial charge >= 0.3 is 6.03 Å². The Labute approximate surface area is 202 Å². The number of rotatable bonds is 9. The number of nitro groups is 1. The highest BCUT2D eigenvalue weighted by Gasteiger charge is 2.36. The van der Waals surface area contributed by atoms with Gasteiger partial charge in [-0.3, -0.25) is 24.6 Å². The number of urea groups is 1. The van der Waals surface area contributed by atoms with Crippen molar-refractivity contribution in [2.75, 3.05) is 13.1 Å². The maximum Gasteiger partial charge on any atom is 0.318 e. The molecule has 3 aromatic carbocycles. The highest BCUT2D eigenvalue weighted by molar-refractivity contribution is 6.21. The number of carbonyl (C=O) groups excluding carboxylic acids is 3. The van der Waals surface area contributed by atoms with Gasteiger partial charge in [-0.25, -0.2) is 4.79 Å². The van der Waals surface area contributed by atoms with Crippen molar-refractivity contribution in [3.8, 4) is 0 Å². The van der Waals surface area contributed by atoms with Crippen LogP contribution in [0.2, 0.25) is 0 Å². The molecule has 0 saturated carbocycles. The van der Waals surface area contributed by atoms with E-state index in [1.807, 2.05) is 60.7 Å². The molecule has 1 heterocycles. The Hall–Kier alpha value is -4.53. The first-order valence-electron chi connectivity index (χ1n) is 11.2. The van der Waals surface area contributed by atoms with E-state index in [0.717, 1.165) is 22.1 Å². The summed E-state index contributed by atoms with van der Waals surface area (Å²) in [5.74, 6) is -1.05. The van der Waals surface area contributed by atoms with Crippen molar-refractivity contribution < 1.29 is 19.3 Å². The Bertz CT molecular complexity index is 1210. The third-order valence-electron chi connectivity index (χ3n) is 5.72. The molecule has 9 nitrogen and oxygen atoms in total. The number of benzene rings is 3. The zero-order valence-electron chi connectivity index (χ0n) is 18.9. The van der Waals surface area contributed by atoms with Crippen LogP contribution in [0, 0.1) is 10.1 Å². The van der Waals surface area contributed by atoms with Crippen molar-refractivity contribution in [2.24, 2.45) is 0 Å². The molecule has 0 radical (unpaired) electrons. The summed E-state index contributed by atoms with van der Waals surface area (Å²) in [4.78, 5) is 51.3. The van der Waals surface area contributed by atoms with E-state index in [1.165, 1.54) is 12.1 Å². The molecule has 0 aliphatic carbocycles. The Morgan fingerprint density at radius 2 is 1.43 bits per heavy atom. The Kier molecular flexibility index (Phi) is 7.15. The van der Waals surface area contributed by atoms with Gasteiger partial charge in [0.1, 0.15) is 0 Å². The zero-order valence-corrected chi connectivity index (χ0v) is 18.9. The maximum absolute atomic E-state index is 13.0. The van der Waals surface area contributed by atoms with E-state index >= 15 is 0 Å².